The number of phenolic OH excluding ortho intramolecular Hbond substituents is 2. The summed E-state index contributed by atoms with van der Waals surface area (Å²) in [6.07, 6.45) is -0.195. The van der Waals surface area contributed by atoms with Crippen molar-refractivity contribution in [3.8, 4) is 11.5 Å². The Balaban J connectivity index is 1.38. The number of nitrogens with two attached hydrogens (primary N) is 2. The predicted molar refractivity (Wildman–Crippen MR) is 118 cm³/mol. The minimum Gasteiger partial charge on any atom is -0.508 e. The van der Waals surface area contributed by atoms with Crippen LogP contribution in [0.2, 0.25) is 0 Å². The molecule has 0 saturated carbocycles. The Morgan fingerprint density at radius 1 is 1.09 bits per heavy atom. The maximum absolute atomic E-state index is 13.0. The Morgan fingerprint density at radius 2 is 1.79 bits per heavy atom. The van der Waals surface area contributed by atoms with E-state index in [4.69, 9.17) is 11.5 Å². The van der Waals surface area contributed by atoms with Gasteiger partial charge in [-0.1, -0.05) is 6.07 Å². The zero-order chi connectivity index (χ0) is 23.9. The molecule has 11 nitrogen and oxygen atoms in total. The van der Waals surface area contributed by atoms with E-state index in [0.717, 1.165) is 22.9 Å². The summed E-state index contributed by atoms with van der Waals surface area (Å²) in [5.74, 6) is -1.68. The molecule has 2 aliphatic heterocycles. The van der Waals surface area contributed by atoms with Crippen molar-refractivity contribution >= 4 is 27.5 Å². The van der Waals surface area contributed by atoms with E-state index in [1.54, 1.807) is 4.90 Å². The number of hydrogen-bond acceptors (Lipinski definition) is 8. The van der Waals surface area contributed by atoms with Crippen LogP contribution >= 0.6 is 0 Å². The molecule has 1 saturated heterocycles. The number of amides is 2. The number of likely N-dealkylation sites (tertiary alicyclic amines) is 1. The fraction of sp³-hybridized carbons (Fsp3) is 0.333. The van der Waals surface area contributed by atoms with Gasteiger partial charge >= 0.3 is 0 Å². The second-order valence-electron chi connectivity index (χ2n) is 8.27. The lowest BCUT2D eigenvalue weighted by Crippen LogP contribution is -2.60. The third-order valence-corrected chi connectivity index (χ3v) is 7.60. The number of nitrogens with one attached hydrogen (secondary N) is 1. The molecule has 2 amide bonds. The third-order valence-electron chi connectivity index (χ3n) is 5.76. The summed E-state index contributed by atoms with van der Waals surface area (Å²) < 4.78 is 27.2. The van der Waals surface area contributed by atoms with Crippen LogP contribution in [0.5, 0.6) is 11.5 Å². The normalized spacial score (nSPS) is 17.3. The molecule has 0 unspecified atom stereocenters. The first-order valence-electron chi connectivity index (χ1n) is 10.3. The van der Waals surface area contributed by atoms with Crippen molar-refractivity contribution in [1.82, 2.24) is 9.21 Å². The molecule has 0 spiro atoms. The van der Waals surface area contributed by atoms with Crippen LogP contribution in [0.15, 0.2) is 41.3 Å². The van der Waals surface area contributed by atoms with E-state index in [1.807, 2.05) is 18.2 Å². The Hall–Kier alpha value is -3.35. The number of hydrogen-bond donors (Lipinski definition) is 5. The van der Waals surface area contributed by atoms with Crippen LogP contribution in [0, 0.1) is 0 Å². The van der Waals surface area contributed by atoms with Gasteiger partial charge in [0.25, 0.3) is 0 Å². The number of carbonyl (C=O) groups excluding carboxylic acids is 2. The quantitative estimate of drug-likeness (QED) is 0.360. The number of nitrogens with zero attached hydrogens (tertiary/aromatic N) is 2. The zero-order valence-electron chi connectivity index (χ0n) is 17.6. The molecule has 2 aliphatic rings. The van der Waals surface area contributed by atoms with Gasteiger partial charge in [-0.3, -0.25) is 9.59 Å². The van der Waals surface area contributed by atoms with E-state index < -0.39 is 27.7 Å². The maximum atomic E-state index is 13.0. The molecule has 1 atom stereocenters. The highest BCUT2D eigenvalue weighted by atomic mass is 32.2. The third kappa shape index (κ3) is 4.58. The molecular formula is C21H25N5O6S. The molecule has 0 aliphatic carbocycles. The Kier molecular flexibility index (Phi) is 5.91. The Labute approximate surface area is 190 Å². The van der Waals surface area contributed by atoms with Crippen LogP contribution in [0.3, 0.4) is 0 Å². The molecule has 0 radical (unpaired) electrons. The average molecular weight is 476 g/mol. The number of sulfonamides is 1. The van der Waals surface area contributed by atoms with Crippen molar-refractivity contribution in [2.45, 2.75) is 36.5 Å². The second-order valence-corrected chi connectivity index (χ2v) is 10.2. The number of phenols is 2. The van der Waals surface area contributed by atoms with Crippen molar-refractivity contribution in [3.05, 3.63) is 47.5 Å². The minimum atomic E-state index is -3.95. The van der Waals surface area contributed by atoms with Crippen molar-refractivity contribution in [1.29, 1.82) is 0 Å². The smallest absolute Gasteiger partial charge is 0.247 e. The molecule has 2 heterocycles. The Bertz CT molecular complexity index is 1210. The number of benzene rings is 2. The van der Waals surface area contributed by atoms with Crippen LogP contribution < -0.4 is 16.8 Å². The topological polar surface area (TPSA) is 179 Å². The van der Waals surface area contributed by atoms with Gasteiger partial charge < -0.3 is 31.9 Å². The first-order valence-corrected chi connectivity index (χ1v) is 11.7. The van der Waals surface area contributed by atoms with E-state index >= 15 is 0 Å². The van der Waals surface area contributed by atoms with Gasteiger partial charge in [-0.2, -0.15) is 4.31 Å². The molecule has 33 heavy (non-hydrogen) atoms. The highest BCUT2D eigenvalue weighted by Gasteiger charge is 2.35. The lowest BCUT2D eigenvalue weighted by molar-refractivity contribution is -0.138. The highest BCUT2D eigenvalue weighted by Crippen LogP contribution is 2.35. The summed E-state index contributed by atoms with van der Waals surface area (Å²) in [4.78, 5) is 24.4. The Morgan fingerprint density at radius 3 is 2.45 bits per heavy atom. The highest BCUT2D eigenvalue weighted by molar-refractivity contribution is 7.89. The molecule has 0 aromatic heterocycles. The zero-order valence-corrected chi connectivity index (χ0v) is 18.5. The molecule has 2 aromatic rings. The van der Waals surface area contributed by atoms with Gasteiger partial charge in [0.2, 0.25) is 21.8 Å². The molecule has 1 fully saturated rings. The van der Waals surface area contributed by atoms with Gasteiger partial charge in [-0.05, 0) is 35.4 Å². The first-order chi connectivity index (χ1) is 15.5. The van der Waals surface area contributed by atoms with Crippen LogP contribution in [0.4, 0.5) is 5.69 Å². The number of rotatable bonds is 7. The largest absolute Gasteiger partial charge is 0.508 e. The number of carbonyl (C=O) groups is 2. The van der Waals surface area contributed by atoms with Crippen LogP contribution in [0.1, 0.15) is 17.5 Å². The fourth-order valence-electron chi connectivity index (χ4n) is 4.01. The van der Waals surface area contributed by atoms with E-state index in [2.05, 4.69) is 5.32 Å². The molecular weight excluding hydrogens is 450 g/mol. The summed E-state index contributed by atoms with van der Waals surface area (Å²) in [6, 6.07) is 7.99. The molecule has 12 heteroatoms. The number of primary amides is 1. The summed E-state index contributed by atoms with van der Waals surface area (Å²) in [7, 11) is -3.95. The van der Waals surface area contributed by atoms with E-state index in [1.165, 1.54) is 16.4 Å². The molecule has 4 rings (SSSR count). The van der Waals surface area contributed by atoms with Gasteiger partial charge in [0.15, 0.2) is 0 Å². The summed E-state index contributed by atoms with van der Waals surface area (Å²) in [5.41, 5.74) is 13.3. The number of fused-ring (bicyclic) bond motifs is 1. The maximum Gasteiger partial charge on any atom is 0.247 e. The van der Waals surface area contributed by atoms with E-state index in [9.17, 15) is 28.2 Å². The van der Waals surface area contributed by atoms with E-state index in [0.29, 0.717) is 13.1 Å². The predicted octanol–water partition coefficient (Wildman–Crippen LogP) is -0.372. The van der Waals surface area contributed by atoms with Crippen molar-refractivity contribution in [2.24, 2.45) is 11.5 Å². The van der Waals surface area contributed by atoms with Crippen LogP contribution in [-0.4, -0.2) is 64.8 Å². The summed E-state index contributed by atoms with van der Waals surface area (Å²) in [6.45, 7) is 1.18. The van der Waals surface area contributed by atoms with Crippen molar-refractivity contribution in [2.75, 3.05) is 18.4 Å². The van der Waals surface area contributed by atoms with Crippen LogP contribution in [0.25, 0.3) is 0 Å². The molecule has 176 valence electrons. The number of aromatic hydroxyl groups is 2. The summed E-state index contributed by atoms with van der Waals surface area (Å²) >= 11 is 0. The fourth-order valence-corrected chi connectivity index (χ4v) is 5.47. The molecule has 0 bridgehead atoms. The monoisotopic (exact) mass is 475 g/mol. The standard InChI is InChI=1S/C21H25N5O6S/c22-17(7-20(23)29)21(30)25-10-15(11-25)24-14-2-1-12-8-26(9-13(12)5-14)33(31,32)19-4-3-16(27)6-18(19)28/h1-6,15,17,24,27-28H,7-11,22H2,(H2,23,29)/t17-/m0/s1. The van der Waals surface area contributed by atoms with Gasteiger partial charge in [0.05, 0.1) is 18.5 Å². The second kappa shape index (κ2) is 8.54. The molecule has 7 N–H and O–H groups in total. The molecule has 2 aromatic carbocycles. The van der Waals surface area contributed by atoms with Gasteiger partial charge in [0.1, 0.15) is 16.4 Å². The lowest BCUT2D eigenvalue weighted by Gasteiger charge is -2.41. The summed E-state index contributed by atoms with van der Waals surface area (Å²) in [5, 5.41) is 22.7. The van der Waals surface area contributed by atoms with Crippen molar-refractivity contribution < 1.29 is 28.2 Å². The average Bonchev–Trinajstić information content (AvgIpc) is 3.13. The first kappa shape index (κ1) is 22.8. The van der Waals surface area contributed by atoms with Gasteiger partial charge in [-0.25, -0.2) is 8.42 Å². The van der Waals surface area contributed by atoms with Crippen molar-refractivity contribution in [3.63, 3.8) is 0 Å². The van der Waals surface area contributed by atoms with Gasteiger partial charge in [0, 0.05) is 37.9 Å². The SMILES string of the molecule is NC(=O)C[C@H](N)C(=O)N1CC(Nc2ccc3c(c2)CN(S(=O)(=O)c2ccc(O)cc2O)C3)C1. The lowest BCUT2D eigenvalue weighted by atomic mass is 10.0. The number of anilines is 1. The van der Waals surface area contributed by atoms with Crippen LogP contribution in [-0.2, 0) is 32.7 Å². The van der Waals surface area contributed by atoms with Gasteiger partial charge in [-0.15, -0.1) is 0 Å². The van der Waals surface area contributed by atoms with E-state index in [-0.39, 0.29) is 42.1 Å². The minimum absolute atomic E-state index is 0.00274.